The van der Waals surface area contributed by atoms with Crippen molar-refractivity contribution in [3.63, 3.8) is 0 Å². The van der Waals surface area contributed by atoms with E-state index in [9.17, 15) is 0 Å². The van der Waals surface area contributed by atoms with Gasteiger partial charge < -0.3 is 9.47 Å². The quantitative estimate of drug-likeness (QED) is 0.665. The highest BCUT2D eigenvalue weighted by Gasteiger charge is 2.02. The highest BCUT2D eigenvalue weighted by Crippen LogP contribution is 2.22. The molecule has 0 radical (unpaired) electrons. The zero-order chi connectivity index (χ0) is 12.8. The van der Waals surface area contributed by atoms with Gasteiger partial charge in [0.2, 0.25) is 5.13 Å². The maximum atomic E-state index is 5.24. The largest absolute Gasteiger partial charge is 0.497 e. The minimum Gasteiger partial charge on any atom is -0.497 e. The van der Waals surface area contributed by atoms with Crippen molar-refractivity contribution < 1.29 is 9.47 Å². The Labute approximate surface area is 109 Å². The molecule has 0 aliphatic carbocycles. The third-order valence-electron chi connectivity index (χ3n) is 2.23. The summed E-state index contributed by atoms with van der Waals surface area (Å²) in [4.78, 5) is 4.06. The summed E-state index contributed by atoms with van der Waals surface area (Å²) in [6.07, 6.45) is 3.39. The third-order valence-corrected chi connectivity index (χ3v) is 2.91. The number of ether oxygens (including phenoxy) is 2. The number of nitrogens with one attached hydrogen (secondary N) is 1. The van der Waals surface area contributed by atoms with Crippen molar-refractivity contribution in [1.82, 2.24) is 4.98 Å². The average molecular weight is 263 g/mol. The number of benzene rings is 1. The fourth-order valence-corrected chi connectivity index (χ4v) is 1.85. The van der Waals surface area contributed by atoms with Gasteiger partial charge in [0.05, 0.1) is 20.4 Å². The van der Waals surface area contributed by atoms with E-state index in [0.29, 0.717) is 0 Å². The summed E-state index contributed by atoms with van der Waals surface area (Å²) in [6, 6.07) is 5.53. The Morgan fingerprint density at radius 2 is 2.22 bits per heavy atom. The van der Waals surface area contributed by atoms with Crippen molar-refractivity contribution >= 4 is 22.7 Å². The minimum atomic E-state index is 0.737. The van der Waals surface area contributed by atoms with E-state index in [2.05, 4.69) is 15.5 Å². The predicted octanol–water partition coefficient (Wildman–Crippen LogP) is 2.61. The van der Waals surface area contributed by atoms with Gasteiger partial charge in [0, 0.05) is 17.1 Å². The lowest BCUT2D eigenvalue weighted by Crippen LogP contribution is -1.95. The Morgan fingerprint density at radius 3 is 2.89 bits per heavy atom. The SMILES string of the molecule is COc1ccc(OC)c(/C=N\Nc2nccs2)c1. The van der Waals surface area contributed by atoms with E-state index in [1.54, 1.807) is 26.6 Å². The van der Waals surface area contributed by atoms with Crippen LogP contribution in [-0.4, -0.2) is 25.4 Å². The Hall–Kier alpha value is -2.08. The maximum absolute atomic E-state index is 5.24. The van der Waals surface area contributed by atoms with Crippen LogP contribution in [0.5, 0.6) is 11.5 Å². The number of thiazole rings is 1. The van der Waals surface area contributed by atoms with Crippen LogP contribution < -0.4 is 14.9 Å². The number of methoxy groups -OCH3 is 2. The average Bonchev–Trinajstić information content (AvgIpc) is 2.92. The number of rotatable bonds is 5. The number of hydrogen-bond donors (Lipinski definition) is 1. The first-order chi connectivity index (χ1) is 8.83. The van der Waals surface area contributed by atoms with E-state index in [1.807, 2.05) is 23.6 Å². The Morgan fingerprint density at radius 1 is 1.33 bits per heavy atom. The van der Waals surface area contributed by atoms with E-state index in [4.69, 9.17) is 9.47 Å². The fourth-order valence-electron chi connectivity index (χ4n) is 1.38. The highest BCUT2D eigenvalue weighted by atomic mass is 32.1. The minimum absolute atomic E-state index is 0.737. The van der Waals surface area contributed by atoms with Crippen LogP contribution in [0.4, 0.5) is 5.13 Å². The number of hydrazone groups is 1. The molecule has 0 atom stereocenters. The van der Waals surface area contributed by atoms with Gasteiger partial charge in [-0.15, -0.1) is 11.3 Å². The smallest absolute Gasteiger partial charge is 0.203 e. The van der Waals surface area contributed by atoms with Crippen LogP contribution in [0, 0.1) is 0 Å². The second kappa shape index (κ2) is 6.02. The highest BCUT2D eigenvalue weighted by molar-refractivity contribution is 7.13. The molecule has 0 fully saturated rings. The summed E-state index contributed by atoms with van der Waals surface area (Å²) in [5.74, 6) is 1.49. The van der Waals surface area contributed by atoms with Crippen LogP contribution in [0.3, 0.4) is 0 Å². The molecule has 0 aliphatic rings. The first-order valence-electron chi connectivity index (χ1n) is 5.24. The Balaban J connectivity index is 2.13. The van der Waals surface area contributed by atoms with E-state index >= 15 is 0 Å². The van der Waals surface area contributed by atoms with E-state index < -0.39 is 0 Å². The predicted molar refractivity (Wildman–Crippen MR) is 72.9 cm³/mol. The lowest BCUT2D eigenvalue weighted by atomic mass is 10.2. The maximum Gasteiger partial charge on any atom is 0.203 e. The Kier molecular flexibility index (Phi) is 4.14. The number of aromatic nitrogens is 1. The molecule has 0 amide bonds. The lowest BCUT2D eigenvalue weighted by Gasteiger charge is -2.06. The van der Waals surface area contributed by atoms with Crippen molar-refractivity contribution in [2.45, 2.75) is 0 Å². The fraction of sp³-hybridized carbons (Fsp3) is 0.167. The van der Waals surface area contributed by atoms with Crippen molar-refractivity contribution in [1.29, 1.82) is 0 Å². The van der Waals surface area contributed by atoms with Crippen LogP contribution >= 0.6 is 11.3 Å². The molecular formula is C12H13N3O2S. The monoisotopic (exact) mass is 263 g/mol. The molecule has 1 N–H and O–H groups in total. The number of nitrogens with zero attached hydrogens (tertiary/aromatic N) is 2. The summed E-state index contributed by atoms with van der Waals surface area (Å²) in [7, 11) is 3.24. The molecule has 6 heteroatoms. The van der Waals surface area contributed by atoms with Crippen molar-refractivity contribution in [3.8, 4) is 11.5 Å². The molecule has 1 aromatic heterocycles. The summed E-state index contributed by atoms with van der Waals surface area (Å²) in [5, 5.41) is 6.73. The molecule has 0 saturated heterocycles. The van der Waals surface area contributed by atoms with Gasteiger partial charge in [-0.05, 0) is 18.2 Å². The zero-order valence-electron chi connectivity index (χ0n) is 10.1. The van der Waals surface area contributed by atoms with Gasteiger partial charge >= 0.3 is 0 Å². The zero-order valence-corrected chi connectivity index (χ0v) is 10.9. The number of anilines is 1. The van der Waals surface area contributed by atoms with Gasteiger partial charge in [-0.25, -0.2) is 4.98 Å². The van der Waals surface area contributed by atoms with Gasteiger partial charge in [-0.2, -0.15) is 5.10 Å². The first-order valence-corrected chi connectivity index (χ1v) is 6.12. The van der Waals surface area contributed by atoms with E-state index in [1.165, 1.54) is 11.3 Å². The molecule has 2 aromatic rings. The summed E-state index contributed by atoms with van der Waals surface area (Å²) < 4.78 is 10.4. The summed E-state index contributed by atoms with van der Waals surface area (Å²) in [6.45, 7) is 0. The Bertz CT molecular complexity index is 526. The van der Waals surface area contributed by atoms with Crippen LogP contribution in [0.2, 0.25) is 0 Å². The molecule has 94 valence electrons. The van der Waals surface area contributed by atoms with Gasteiger partial charge in [0.1, 0.15) is 11.5 Å². The molecule has 5 nitrogen and oxygen atoms in total. The molecule has 0 aliphatic heterocycles. The molecule has 0 unspecified atom stereocenters. The lowest BCUT2D eigenvalue weighted by molar-refractivity contribution is 0.402. The molecule has 2 rings (SSSR count). The van der Waals surface area contributed by atoms with Crippen LogP contribution in [0.1, 0.15) is 5.56 Å². The molecule has 1 heterocycles. The second-order valence-electron chi connectivity index (χ2n) is 3.32. The molecule has 0 spiro atoms. The first kappa shape index (κ1) is 12.4. The van der Waals surface area contributed by atoms with Gasteiger partial charge in [0.15, 0.2) is 0 Å². The molecule has 0 bridgehead atoms. The topological polar surface area (TPSA) is 55.7 Å². The van der Waals surface area contributed by atoms with Crippen molar-refractivity contribution in [2.75, 3.05) is 19.6 Å². The molecule has 0 saturated carbocycles. The normalized spacial score (nSPS) is 10.6. The van der Waals surface area contributed by atoms with E-state index in [0.717, 1.165) is 22.2 Å². The van der Waals surface area contributed by atoms with Crippen LogP contribution in [0.25, 0.3) is 0 Å². The van der Waals surface area contributed by atoms with Crippen molar-refractivity contribution in [3.05, 3.63) is 35.3 Å². The van der Waals surface area contributed by atoms with Gasteiger partial charge in [-0.3, -0.25) is 5.43 Å². The second-order valence-corrected chi connectivity index (χ2v) is 4.21. The third kappa shape index (κ3) is 2.98. The van der Waals surface area contributed by atoms with Crippen LogP contribution in [-0.2, 0) is 0 Å². The van der Waals surface area contributed by atoms with Gasteiger partial charge in [0.25, 0.3) is 0 Å². The van der Waals surface area contributed by atoms with Crippen LogP contribution in [0.15, 0.2) is 34.9 Å². The van der Waals surface area contributed by atoms with E-state index in [-0.39, 0.29) is 0 Å². The number of hydrogen-bond acceptors (Lipinski definition) is 6. The molecule has 1 aromatic carbocycles. The molecule has 18 heavy (non-hydrogen) atoms. The standard InChI is InChI=1S/C12H13N3O2S/c1-16-10-3-4-11(17-2)9(7-10)8-14-15-12-13-5-6-18-12/h3-8H,1-2H3,(H,13,15)/b14-8-. The van der Waals surface area contributed by atoms with Gasteiger partial charge in [-0.1, -0.05) is 0 Å². The summed E-state index contributed by atoms with van der Waals surface area (Å²) in [5.41, 5.74) is 3.68. The summed E-state index contributed by atoms with van der Waals surface area (Å²) >= 11 is 1.48. The molecular weight excluding hydrogens is 250 g/mol. The van der Waals surface area contributed by atoms with Crippen molar-refractivity contribution in [2.24, 2.45) is 5.10 Å².